The van der Waals surface area contributed by atoms with Crippen molar-refractivity contribution in [1.82, 2.24) is 29.5 Å². The fourth-order valence-corrected chi connectivity index (χ4v) is 5.58. The SMILES string of the molecule is O=COCC(COP(=O)(O)OCCCC(=O)OCCOCCCC(=O)OCc1cn(CCn2ccc3cc(/C=C/c4cc(=O)[nH]cn4)ccc32)nn1)OC=O. The first-order chi connectivity index (χ1) is 26.6. The first-order valence-electron chi connectivity index (χ1n) is 17.0. The van der Waals surface area contributed by atoms with Crippen LogP contribution in [0.1, 0.15) is 42.6 Å². The standard InChI is InChI=1S/C34H41N6O14P/c41-24-49-21-30(52-25-42)22-54-55(46,47)53-14-2-4-33(44)50-16-15-48-13-1-3-34(45)51-20-29-19-40(38-37-29)12-11-39-10-9-27-17-26(6-8-31(27)39)5-7-28-18-32(43)36-23-35-28/h5-10,17-19,23-25,30H,1-4,11-16,20-22H2,(H,46,47)(H,35,36,43)/b7-5+. The van der Waals surface area contributed by atoms with Crippen molar-refractivity contribution in [2.24, 2.45) is 0 Å². The molecule has 3 aromatic heterocycles. The molecule has 55 heavy (non-hydrogen) atoms. The predicted molar refractivity (Wildman–Crippen MR) is 190 cm³/mol. The second kappa shape index (κ2) is 22.6. The number of benzene rings is 1. The average molecular weight is 789 g/mol. The highest BCUT2D eigenvalue weighted by molar-refractivity contribution is 7.47. The molecule has 296 valence electrons. The Labute approximate surface area is 313 Å². The molecular weight excluding hydrogens is 747 g/mol. The van der Waals surface area contributed by atoms with Crippen molar-refractivity contribution in [3.05, 3.63) is 76.4 Å². The van der Waals surface area contributed by atoms with Gasteiger partial charge in [-0.3, -0.25) is 37.7 Å². The Balaban J connectivity index is 1.02. The summed E-state index contributed by atoms with van der Waals surface area (Å²) in [7, 11) is -4.51. The van der Waals surface area contributed by atoms with Crippen LogP contribution in [0.3, 0.4) is 0 Å². The third-order valence-corrected chi connectivity index (χ3v) is 8.42. The van der Waals surface area contributed by atoms with Gasteiger partial charge < -0.3 is 38.1 Å². The molecule has 21 heteroatoms. The van der Waals surface area contributed by atoms with Crippen molar-refractivity contribution in [3.63, 3.8) is 0 Å². The maximum Gasteiger partial charge on any atom is 0.472 e. The molecule has 2 N–H and O–H groups in total. The van der Waals surface area contributed by atoms with Crippen LogP contribution in [-0.2, 0) is 76.2 Å². The van der Waals surface area contributed by atoms with E-state index < -0.39 is 32.5 Å². The van der Waals surface area contributed by atoms with Gasteiger partial charge in [0.1, 0.15) is 25.5 Å². The molecule has 4 aromatic rings. The van der Waals surface area contributed by atoms with Gasteiger partial charge in [-0.2, -0.15) is 0 Å². The zero-order valence-corrected chi connectivity index (χ0v) is 30.5. The fourth-order valence-electron chi connectivity index (χ4n) is 4.79. The maximum absolute atomic E-state index is 12.2. The number of H-pyrrole nitrogens is 1. The first-order valence-corrected chi connectivity index (χ1v) is 18.5. The molecular formula is C34H41N6O14P. The molecule has 0 bridgehead atoms. The van der Waals surface area contributed by atoms with Crippen molar-refractivity contribution >= 4 is 55.8 Å². The Kier molecular flexibility index (Phi) is 17.4. The Bertz CT molecular complexity index is 1980. The van der Waals surface area contributed by atoms with Gasteiger partial charge in [0.25, 0.3) is 18.5 Å². The van der Waals surface area contributed by atoms with E-state index in [1.807, 2.05) is 30.5 Å². The molecule has 0 radical (unpaired) electrons. The summed E-state index contributed by atoms with van der Waals surface area (Å²) in [6.45, 7) is 0.429. The average Bonchev–Trinajstić information content (AvgIpc) is 3.81. The largest absolute Gasteiger partial charge is 0.472 e. The van der Waals surface area contributed by atoms with Gasteiger partial charge in [-0.15, -0.1) is 5.10 Å². The quantitative estimate of drug-likeness (QED) is 0.0289. The molecule has 3 heterocycles. The lowest BCUT2D eigenvalue weighted by molar-refractivity contribution is -0.145. The summed E-state index contributed by atoms with van der Waals surface area (Å²) < 4.78 is 49.8. The molecule has 20 nitrogen and oxygen atoms in total. The minimum absolute atomic E-state index is 0.0199. The van der Waals surface area contributed by atoms with Crippen LogP contribution in [-0.4, -0.2) is 105 Å². The summed E-state index contributed by atoms with van der Waals surface area (Å²) in [5.74, 6) is -1.00. The molecule has 0 fully saturated rings. The number of fused-ring (bicyclic) bond motifs is 1. The molecule has 0 spiro atoms. The van der Waals surface area contributed by atoms with E-state index in [1.54, 1.807) is 17.0 Å². The molecule has 2 atom stereocenters. The zero-order valence-electron chi connectivity index (χ0n) is 29.6. The third-order valence-electron chi connectivity index (χ3n) is 7.44. The van der Waals surface area contributed by atoms with E-state index in [4.69, 9.17) is 18.7 Å². The van der Waals surface area contributed by atoms with Crippen LogP contribution < -0.4 is 5.56 Å². The van der Waals surface area contributed by atoms with Gasteiger partial charge in [0, 0.05) is 49.2 Å². The lowest BCUT2D eigenvalue weighted by Gasteiger charge is -2.16. The number of rotatable bonds is 27. The summed E-state index contributed by atoms with van der Waals surface area (Å²) in [5.41, 5.74) is 2.90. The number of aryl methyl sites for hydroxylation is 2. The number of carbonyl (C=O) groups is 4. The van der Waals surface area contributed by atoms with Gasteiger partial charge in [0.15, 0.2) is 6.10 Å². The number of phosphoric acid groups is 1. The highest BCUT2D eigenvalue weighted by atomic mass is 31.2. The number of esters is 2. The number of hydrogen-bond donors (Lipinski definition) is 2. The molecule has 0 aliphatic heterocycles. The topological polar surface area (TPSA) is 252 Å². The summed E-state index contributed by atoms with van der Waals surface area (Å²) in [6.07, 6.45) is 8.12. The minimum Gasteiger partial charge on any atom is -0.464 e. The molecule has 0 aliphatic rings. The first kappa shape index (κ1) is 42.2. The van der Waals surface area contributed by atoms with Gasteiger partial charge in [-0.1, -0.05) is 17.4 Å². The van der Waals surface area contributed by atoms with Crippen molar-refractivity contribution < 1.29 is 61.4 Å². The highest BCUT2D eigenvalue weighted by Crippen LogP contribution is 2.43. The van der Waals surface area contributed by atoms with Crippen LogP contribution >= 0.6 is 7.82 Å². The third kappa shape index (κ3) is 15.8. The van der Waals surface area contributed by atoms with Crippen molar-refractivity contribution in [2.45, 2.75) is 51.5 Å². The molecule has 0 aliphatic carbocycles. The minimum atomic E-state index is -4.51. The normalized spacial score (nSPS) is 13.0. The van der Waals surface area contributed by atoms with Crippen LogP contribution in [0.15, 0.2) is 53.8 Å². The van der Waals surface area contributed by atoms with E-state index in [9.17, 15) is 33.4 Å². The second-order valence-electron chi connectivity index (χ2n) is 11.6. The molecule has 1 aromatic carbocycles. The zero-order chi connectivity index (χ0) is 39.3. The Morgan fingerprint density at radius 3 is 2.55 bits per heavy atom. The van der Waals surface area contributed by atoms with Gasteiger partial charge in [-0.25, -0.2) is 9.55 Å². The number of ether oxygens (including phenoxy) is 5. The Hall–Kier alpha value is -5.53. The van der Waals surface area contributed by atoms with E-state index in [1.165, 1.54) is 12.4 Å². The summed E-state index contributed by atoms with van der Waals surface area (Å²) in [5, 5.41) is 9.27. The Morgan fingerprint density at radius 1 is 0.927 bits per heavy atom. The molecule has 0 amide bonds. The predicted octanol–water partition coefficient (Wildman–Crippen LogP) is 2.20. The maximum atomic E-state index is 12.2. The number of aromatic amines is 1. The van der Waals surface area contributed by atoms with E-state index in [-0.39, 0.29) is 77.4 Å². The van der Waals surface area contributed by atoms with Crippen molar-refractivity contribution in [1.29, 1.82) is 0 Å². The molecule has 2 unspecified atom stereocenters. The molecule has 4 rings (SSSR count). The van der Waals surface area contributed by atoms with Gasteiger partial charge >= 0.3 is 19.8 Å². The van der Waals surface area contributed by atoms with Crippen molar-refractivity contribution in [3.8, 4) is 0 Å². The summed E-state index contributed by atoms with van der Waals surface area (Å²) >= 11 is 0. The lowest BCUT2D eigenvalue weighted by Crippen LogP contribution is -2.24. The number of nitrogens with one attached hydrogen (secondary N) is 1. The number of carbonyl (C=O) groups excluding carboxylic acids is 4. The number of nitrogens with zero attached hydrogens (tertiary/aromatic N) is 5. The van der Waals surface area contributed by atoms with Crippen LogP contribution in [0, 0.1) is 0 Å². The van der Waals surface area contributed by atoms with E-state index >= 15 is 0 Å². The van der Waals surface area contributed by atoms with Crippen LogP contribution in [0.5, 0.6) is 0 Å². The molecule has 0 saturated carbocycles. The number of aromatic nitrogens is 6. The Morgan fingerprint density at radius 2 is 1.75 bits per heavy atom. The molecule has 0 saturated heterocycles. The number of phosphoric ester groups is 1. The second-order valence-corrected chi connectivity index (χ2v) is 13.0. The number of hydrogen-bond acceptors (Lipinski definition) is 16. The summed E-state index contributed by atoms with van der Waals surface area (Å²) in [4.78, 5) is 72.5. The van der Waals surface area contributed by atoms with E-state index in [0.29, 0.717) is 30.9 Å². The van der Waals surface area contributed by atoms with Crippen LogP contribution in [0.4, 0.5) is 0 Å². The van der Waals surface area contributed by atoms with Gasteiger partial charge in [0.05, 0.1) is 44.6 Å². The summed E-state index contributed by atoms with van der Waals surface area (Å²) in [6, 6.07) is 9.52. The lowest BCUT2D eigenvalue weighted by atomic mass is 10.1. The van der Waals surface area contributed by atoms with Gasteiger partial charge in [-0.05, 0) is 42.7 Å². The van der Waals surface area contributed by atoms with Crippen molar-refractivity contribution in [2.75, 3.05) is 39.6 Å². The monoisotopic (exact) mass is 788 g/mol. The van der Waals surface area contributed by atoms with Crippen LogP contribution in [0.2, 0.25) is 0 Å². The van der Waals surface area contributed by atoms with Gasteiger partial charge in [0.2, 0.25) is 0 Å². The smallest absolute Gasteiger partial charge is 0.464 e. The van der Waals surface area contributed by atoms with E-state index in [2.05, 4.69) is 44.9 Å². The fraction of sp³-hybridized carbons (Fsp3) is 0.412. The van der Waals surface area contributed by atoms with E-state index in [0.717, 1.165) is 16.5 Å². The highest BCUT2D eigenvalue weighted by Gasteiger charge is 2.24. The van der Waals surface area contributed by atoms with Crippen LogP contribution in [0.25, 0.3) is 23.1 Å².